The van der Waals surface area contributed by atoms with Crippen LogP contribution in [0.15, 0.2) is 18.5 Å². The Bertz CT molecular complexity index is 362. The third-order valence-corrected chi connectivity index (χ3v) is 4.53. The molecule has 0 saturated heterocycles. The largest absolute Gasteiger partial charge is 0.312 e. The van der Waals surface area contributed by atoms with Gasteiger partial charge in [0.25, 0.3) is 0 Å². The Kier molecular flexibility index (Phi) is 4.66. The zero-order chi connectivity index (χ0) is 12.1. The van der Waals surface area contributed by atoms with Crippen LogP contribution in [0.3, 0.4) is 0 Å². The standard InChI is InChI=1S/C13H18Cl2N2/c14-9-13(4-1-2-5-13)10-17-7-11-3-6-16-8-12(11)15/h3,6,8,17H,1-2,4-5,7,9-10H2. The highest BCUT2D eigenvalue weighted by Gasteiger charge is 2.32. The van der Waals surface area contributed by atoms with Crippen LogP contribution in [0.2, 0.25) is 5.02 Å². The Morgan fingerprint density at radius 1 is 1.35 bits per heavy atom. The van der Waals surface area contributed by atoms with Crippen molar-refractivity contribution in [3.8, 4) is 0 Å². The molecule has 1 aromatic heterocycles. The average molecular weight is 273 g/mol. The van der Waals surface area contributed by atoms with Crippen molar-refractivity contribution in [2.24, 2.45) is 5.41 Å². The zero-order valence-corrected chi connectivity index (χ0v) is 11.4. The number of rotatable bonds is 5. The van der Waals surface area contributed by atoms with E-state index in [-0.39, 0.29) is 0 Å². The number of aromatic nitrogens is 1. The van der Waals surface area contributed by atoms with Gasteiger partial charge >= 0.3 is 0 Å². The van der Waals surface area contributed by atoms with Gasteiger partial charge in [-0.2, -0.15) is 0 Å². The van der Waals surface area contributed by atoms with Crippen molar-refractivity contribution < 1.29 is 0 Å². The monoisotopic (exact) mass is 272 g/mol. The summed E-state index contributed by atoms with van der Waals surface area (Å²) in [6.07, 6.45) is 8.57. The molecule has 0 atom stereocenters. The molecule has 0 unspecified atom stereocenters. The fraction of sp³-hybridized carbons (Fsp3) is 0.615. The van der Waals surface area contributed by atoms with Crippen molar-refractivity contribution in [3.05, 3.63) is 29.0 Å². The molecule has 1 heterocycles. The van der Waals surface area contributed by atoms with Gasteiger partial charge < -0.3 is 5.32 Å². The molecule has 1 saturated carbocycles. The Morgan fingerprint density at radius 2 is 2.12 bits per heavy atom. The minimum absolute atomic E-state index is 0.307. The molecule has 4 heteroatoms. The van der Waals surface area contributed by atoms with Gasteiger partial charge in [-0.3, -0.25) is 4.98 Å². The molecule has 1 fully saturated rings. The fourth-order valence-electron chi connectivity index (χ4n) is 2.49. The molecule has 2 nitrogen and oxygen atoms in total. The van der Waals surface area contributed by atoms with Crippen molar-refractivity contribution in [3.63, 3.8) is 0 Å². The van der Waals surface area contributed by atoms with Crippen molar-refractivity contribution >= 4 is 23.2 Å². The summed E-state index contributed by atoms with van der Waals surface area (Å²) in [4.78, 5) is 3.98. The van der Waals surface area contributed by atoms with Gasteiger partial charge in [0.2, 0.25) is 0 Å². The maximum Gasteiger partial charge on any atom is 0.0634 e. The molecule has 0 amide bonds. The normalized spacial score (nSPS) is 18.5. The maximum absolute atomic E-state index is 6.10. The summed E-state index contributed by atoms with van der Waals surface area (Å²) in [6, 6.07) is 1.96. The third-order valence-electron chi connectivity index (χ3n) is 3.62. The van der Waals surface area contributed by atoms with E-state index < -0.39 is 0 Å². The number of pyridine rings is 1. The second kappa shape index (κ2) is 6.03. The lowest BCUT2D eigenvalue weighted by Gasteiger charge is -2.26. The minimum atomic E-state index is 0.307. The van der Waals surface area contributed by atoms with E-state index in [2.05, 4.69) is 10.3 Å². The molecule has 94 valence electrons. The zero-order valence-electron chi connectivity index (χ0n) is 9.88. The lowest BCUT2D eigenvalue weighted by atomic mass is 9.88. The van der Waals surface area contributed by atoms with Crippen LogP contribution in [0.1, 0.15) is 31.2 Å². The molecule has 1 aliphatic rings. The van der Waals surface area contributed by atoms with E-state index >= 15 is 0 Å². The van der Waals surface area contributed by atoms with Crippen LogP contribution in [-0.4, -0.2) is 17.4 Å². The molecule has 0 aliphatic heterocycles. The second-order valence-electron chi connectivity index (χ2n) is 4.91. The molecule has 1 aromatic rings. The van der Waals surface area contributed by atoms with Crippen molar-refractivity contribution in [2.45, 2.75) is 32.2 Å². The number of hydrogen-bond donors (Lipinski definition) is 1. The van der Waals surface area contributed by atoms with Gasteiger partial charge in [-0.05, 0) is 29.9 Å². The van der Waals surface area contributed by atoms with Crippen molar-refractivity contribution in [2.75, 3.05) is 12.4 Å². The van der Waals surface area contributed by atoms with E-state index in [1.54, 1.807) is 12.4 Å². The first kappa shape index (κ1) is 13.1. The quantitative estimate of drug-likeness (QED) is 0.829. The van der Waals surface area contributed by atoms with Gasteiger partial charge in [0, 0.05) is 31.4 Å². The van der Waals surface area contributed by atoms with Crippen LogP contribution >= 0.6 is 23.2 Å². The maximum atomic E-state index is 6.10. The van der Waals surface area contributed by atoms with Gasteiger partial charge in [-0.1, -0.05) is 24.4 Å². The van der Waals surface area contributed by atoms with Crippen molar-refractivity contribution in [1.29, 1.82) is 0 Å². The van der Waals surface area contributed by atoms with Crippen LogP contribution in [0, 0.1) is 5.41 Å². The summed E-state index contributed by atoms with van der Waals surface area (Å²) >= 11 is 12.2. The summed E-state index contributed by atoms with van der Waals surface area (Å²) in [5, 5.41) is 4.21. The van der Waals surface area contributed by atoms with Gasteiger partial charge in [0.1, 0.15) is 0 Å². The third kappa shape index (κ3) is 3.34. The van der Waals surface area contributed by atoms with E-state index in [0.717, 1.165) is 29.6 Å². The highest BCUT2D eigenvalue weighted by Crippen LogP contribution is 2.38. The Balaban J connectivity index is 1.85. The molecule has 17 heavy (non-hydrogen) atoms. The summed E-state index contributed by atoms with van der Waals surface area (Å²) in [5.74, 6) is 0.754. The number of alkyl halides is 1. The topological polar surface area (TPSA) is 24.9 Å². The number of halogens is 2. The Morgan fingerprint density at radius 3 is 2.76 bits per heavy atom. The lowest BCUT2D eigenvalue weighted by Crippen LogP contribution is -2.33. The summed E-state index contributed by atoms with van der Waals surface area (Å²) in [7, 11) is 0. The summed E-state index contributed by atoms with van der Waals surface area (Å²) in [6.45, 7) is 1.77. The van der Waals surface area contributed by atoms with E-state index in [1.165, 1.54) is 25.7 Å². The predicted octanol–water partition coefficient (Wildman–Crippen LogP) is 3.62. The van der Waals surface area contributed by atoms with Gasteiger partial charge in [-0.15, -0.1) is 11.6 Å². The first-order valence-electron chi connectivity index (χ1n) is 6.11. The Hall–Kier alpha value is -0.310. The van der Waals surface area contributed by atoms with Gasteiger partial charge in [0.15, 0.2) is 0 Å². The molecule has 0 aromatic carbocycles. The van der Waals surface area contributed by atoms with Gasteiger partial charge in [-0.25, -0.2) is 0 Å². The molecular weight excluding hydrogens is 255 g/mol. The first-order chi connectivity index (χ1) is 8.26. The van der Waals surface area contributed by atoms with Crippen LogP contribution in [0.4, 0.5) is 0 Å². The van der Waals surface area contributed by atoms with E-state index in [4.69, 9.17) is 23.2 Å². The van der Waals surface area contributed by atoms with Crippen molar-refractivity contribution in [1.82, 2.24) is 10.3 Å². The summed E-state index contributed by atoms with van der Waals surface area (Å²) < 4.78 is 0. The molecule has 2 rings (SSSR count). The van der Waals surface area contributed by atoms with Gasteiger partial charge in [0.05, 0.1) is 5.02 Å². The summed E-state index contributed by atoms with van der Waals surface area (Å²) in [5.41, 5.74) is 1.41. The molecule has 1 aliphatic carbocycles. The van der Waals surface area contributed by atoms with Crippen LogP contribution < -0.4 is 5.32 Å². The molecular formula is C13H18Cl2N2. The molecule has 0 bridgehead atoms. The van der Waals surface area contributed by atoms with E-state index in [0.29, 0.717) is 5.41 Å². The molecule has 0 spiro atoms. The Labute approximate surface area is 113 Å². The van der Waals surface area contributed by atoms with E-state index in [1.807, 2.05) is 6.07 Å². The van der Waals surface area contributed by atoms with Crippen LogP contribution in [0.25, 0.3) is 0 Å². The minimum Gasteiger partial charge on any atom is -0.312 e. The highest BCUT2D eigenvalue weighted by atomic mass is 35.5. The predicted molar refractivity (Wildman–Crippen MR) is 72.6 cm³/mol. The lowest BCUT2D eigenvalue weighted by molar-refractivity contribution is 0.320. The van der Waals surface area contributed by atoms with Crippen LogP contribution in [-0.2, 0) is 6.54 Å². The number of nitrogens with zero attached hydrogens (tertiary/aromatic N) is 1. The first-order valence-corrected chi connectivity index (χ1v) is 7.02. The SMILES string of the molecule is ClCC1(CNCc2ccncc2Cl)CCCC1. The van der Waals surface area contributed by atoms with E-state index in [9.17, 15) is 0 Å². The highest BCUT2D eigenvalue weighted by molar-refractivity contribution is 6.31. The van der Waals surface area contributed by atoms with Crippen LogP contribution in [0.5, 0.6) is 0 Å². The number of nitrogens with one attached hydrogen (secondary N) is 1. The number of hydrogen-bond acceptors (Lipinski definition) is 2. The average Bonchev–Trinajstić information content (AvgIpc) is 2.81. The fourth-order valence-corrected chi connectivity index (χ4v) is 3.04. The molecule has 1 N–H and O–H groups in total. The smallest absolute Gasteiger partial charge is 0.0634 e. The second-order valence-corrected chi connectivity index (χ2v) is 5.59. The molecule has 0 radical (unpaired) electrons.